The maximum atomic E-state index is 11.2. The molecule has 1 saturated heterocycles. The van der Waals surface area contributed by atoms with Crippen LogP contribution in [-0.4, -0.2) is 59.1 Å². The molecule has 1 N–H and O–H groups in total. The van der Waals surface area contributed by atoms with Crippen molar-refractivity contribution in [3.63, 3.8) is 0 Å². The third kappa shape index (κ3) is 3.11. The predicted octanol–water partition coefficient (Wildman–Crippen LogP) is 1.02. The van der Waals surface area contributed by atoms with Gasteiger partial charge < -0.3 is 10.0 Å². The lowest BCUT2D eigenvalue weighted by molar-refractivity contribution is -0.140. The average molecular weight is 263 g/mol. The molecule has 104 valence electrons. The third-order valence-electron chi connectivity index (χ3n) is 4.00. The van der Waals surface area contributed by atoms with E-state index in [-0.39, 0.29) is 6.42 Å². The summed E-state index contributed by atoms with van der Waals surface area (Å²) in [5.74, 6) is -0.766. The van der Waals surface area contributed by atoms with Crippen molar-refractivity contribution in [1.82, 2.24) is 14.8 Å². The van der Waals surface area contributed by atoms with Crippen LogP contribution in [0.15, 0.2) is 24.5 Å². The van der Waals surface area contributed by atoms with Crippen molar-refractivity contribution in [2.24, 2.45) is 0 Å². The van der Waals surface area contributed by atoms with Crippen molar-refractivity contribution in [3.05, 3.63) is 30.1 Å². The number of aromatic nitrogens is 1. The molecule has 1 aliphatic rings. The Labute approximate surface area is 113 Å². The number of likely N-dealkylation sites (N-methyl/N-ethyl adjacent to an activating group) is 1. The van der Waals surface area contributed by atoms with E-state index in [0.717, 1.165) is 31.7 Å². The summed E-state index contributed by atoms with van der Waals surface area (Å²) in [6.07, 6.45) is 3.57. The van der Waals surface area contributed by atoms with Crippen LogP contribution in [0.1, 0.15) is 18.9 Å². The van der Waals surface area contributed by atoms with E-state index in [0.29, 0.717) is 0 Å². The molecule has 0 amide bonds. The number of carbonyl (C=O) groups is 1. The van der Waals surface area contributed by atoms with Gasteiger partial charge in [-0.3, -0.25) is 14.7 Å². The van der Waals surface area contributed by atoms with E-state index in [4.69, 9.17) is 0 Å². The van der Waals surface area contributed by atoms with Gasteiger partial charge in [0.2, 0.25) is 0 Å². The number of hydrogen-bond acceptors (Lipinski definition) is 4. The van der Waals surface area contributed by atoms with Gasteiger partial charge >= 0.3 is 5.97 Å². The molecule has 0 bridgehead atoms. The number of rotatable bonds is 4. The van der Waals surface area contributed by atoms with E-state index in [2.05, 4.69) is 21.8 Å². The molecule has 2 rings (SSSR count). The zero-order valence-corrected chi connectivity index (χ0v) is 11.5. The summed E-state index contributed by atoms with van der Waals surface area (Å²) >= 11 is 0. The number of nitrogens with zero attached hydrogens (tertiary/aromatic N) is 3. The van der Waals surface area contributed by atoms with Gasteiger partial charge in [-0.05, 0) is 31.7 Å². The van der Waals surface area contributed by atoms with Gasteiger partial charge in [0.1, 0.15) is 0 Å². The lowest BCUT2D eigenvalue weighted by Gasteiger charge is -2.45. The Morgan fingerprint density at radius 3 is 2.42 bits per heavy atom. The number of carboxylic acids is 1. The van der Waals surface area contributed by atoms with Crippen LogP contribution >= 0.6 is 0 Å². The van der Waals surface area contributed by atoms with Crippen molar-refractivity contribution in [2.75, 3.05) is 33.2 Å². The Kier molecular flexibility index (Phi) is 4.17. The smallest absolute Gasteiger partial charge is 0.305 e. The first-order valence-corrected chi connectivity index (χ1v) is 6.58. The molecule has 5 nitrogen and oxygen atoms in total. The van der Waals surface area contributed by atoms with Crippen LogP contribution in [0.3, 0.4) is 0 Å². The van der Waals surface area contributed by atoms with Crippen LogP contribution in [0.2, 0.25) is 0 Å². The summed E-state index contributed by atoms with van der Waals surface area (Å²) in [7, 11) is 2.10. The first kappa shape index (κ1) is 14.0. The number of aliphatic carboxylic acids is 1. The van der Waals surface area contributed by atoms with Gasteiger partial charge in [0.25, 0.3) is 0 Å². The monoisotopic (exact) mass is 263 g/mol. The van der Waals surface area contributed by atoms with Crippen molar-refractivity contribution >= 4 is 5.97 Å². The maximum Gasteiger partial charge on any atom is 0.305 e. The minimum atomic E-state index is -0.766. The Morgan fingerprint density at radius 2 is 1.89 bits per heavy atom. The SMILES string of the molecule is CN1CCN(C(C)(CC(=O)O)c2ccncc2)CC1. The Balaban J connectivity index is 2.27. The summed E-state index contributed by atoms with van der Waals surface area (Å²) in [5, 5.41) is 9.24. The average Bonchev–Trinajstić information content (AvgIpc) is 2.39. The van der Waals surface area contributed by atoms with E-state index in [1.54, 1.807) is 12.4 Å². The molecule has 19 heavy (non-hydrogen) atoms. The van der Waals surface area contributed by atoms with Gasteiger partial charge in [-0.1, -0.05) is 0 Å². The van der Waals surface area contributed by atoms with Crippen LogP contribution in [0.5, 0.6) is 0 Å². The highest BCUT2D eigenvalue weighted by molar-refractivity contribution is 5.68. The molecule has 5 heteroatoms. The normalized spacial score (nSPS) is 20.9. The second-order valence-electron chi connectivity index (χ2n) is 5.37. The predicted molar refractivity (Wildman–Crippen MR) is 72.9 cm³/mol. The van der Waals surface area contributed by atoms with Gasteiger partial charge in [-0.25, -0.2) is 0 Å². The lowest BCUT2D eigenvalue weighted by Crippen LogP contribution is -2.54. The van der Waals surface area contributed by atoms with Gasteiger partial charge in [-0.15, -0.1) is 0 Å². The first-order valence-electron chi connectivity index (χ1n) is 6.58. The minimum absolute atomic E-state index is 0.112. The first-order chi connectivity index (χ1) is 9.02. The van der Waals surface area contributed by atoms with Crippen LogP contribution in [0.25, 0.3) is 0 Å². The van der Waals surface area contributed by atoms with Gasteiger partial charge in [0.15, 0.2) is 0 Å². The second-order valence-corrected chi connectivity index (χ2v) is 5.37. The zero-order valence-electron chi connectivity index (χ0n) is 11.5. The summed E-state index contributed by atoms with van der Waals surface area (Å²) in [6, 6.07) is 3.84. The summed E-state index contributed by atoms with van der Waals surface area (Å²) < 4.78 is 0. The molecular formula is C14H21N3O2. The van der Waals surface area contributed by atoms with Crippen LogP contribution in [0, 0.1) is 0 Å². The number of piperazine rings is 1. The Hall–Kier alpha value is -1.46. The molecule has 1 aromatic rings. The van der Waals surface area contributed by atoms with Crippen molar-refractivity contribution in [1.29, 1.82) is 0 Å². The fourth-order valence-electron chi connectivity index (χ4n) is 2.70. The highest BCUT2D eigenvalue weighted by atomic mass is 16.4. The fourth-order valence-corrected chi connectivity index (χ4v) is 2.70. The molecule has 1 atom stereocenters. The molecule has 0 spiro atoms. The standard InChI is InChI=1S/C14H21N3O2/c1-14(11-13(18)19,12-3-5-15-6-4-12)17-9-7-16(2)8-10-17/h3-6H,7-11H2,1-2H3,(H,18,19). The second kappa shape index (κ2) is 5.67. The van der Waals surface area contributed by atoms with E-state index in [9.17, 15) is 9.90 Å². The number of pyridine rings is 1. The highest BCUT2D eigenvalue weighted by Gasteiger charge is 2.37. The van der Waals surface area contributed by atoms with Crippen LogP contribution < -0.4 is 0 Å². The molecule has 2 heterocycles. The maximum absolute atomic E-state index is 11.2. The van der Waals surface area contributed by atoms with Gasteiger partial charge in [-0.2, -0.15) is 0 Å². The summed E-state index contributed by atoms with van der Waals surface area (Å²) in [6.45, 7) is 5.74. The molecule has 1 aliphatic heterocycles. The lowest BCUT2D eigenvalue weighted by atomic mass is 9.86. The topological polar surface area (TPSA) is 56.7 Å². The van der Waals surface area contributed by atoms with E-state index in [1.807, 2.05) is 19.1 Å². The molecular weight excluding hydrogens is 242 g/mol. The van der Waals surface area contributed by atoms with E-state index in [1.165, 1.54) is 0 Å². The fraction of sp³-hybridized carbons (Fsp3) is 0.571. The van der Waals surface area contributed by atoms with Gasteiger partial charge in [0.05, 0.1) is 12.0 Å². The Morgan fingerprint density at radius 1 is 1.32 bits per heavy atom. The van der Waals surface area contributed by atoms with E-state index >= 15 is 0 Å². The Bertz CT molecular complexity index is 430. The van der Waals surface area contributed by atoms with Crippen molar-refractivity contribution < 1.29 is 9.90 Å². The molecule has 0 aromatic carbocycles. The third-order valence-corrected chi connectivity index (χ3v) is 4.00. The summed E-state index contributed by atoms with van der Waals surface area (Å²) in [4.78, 5) is 19.8. The molecule has 0 aliphatic carbocycles. The van der Waals surface area contributed by atoms with Crippen molar-refractivity contribution in [3.8, 4) is 0 Å². The number of hydrogen-bond donors (Lipinski definition) is 1. The molecule has 0 radical (unpaired) electrons. The highest BCUT2D eigenvalue weighted by Crippen LogP contribution is 2.32. The molecule has 1 fully saturated rings. The summed E-state index contributed by atoms with van der Waals surface area (Å²) in [5.41, 5.74) is 0.560. The van der Waals surface area contributed by atoms with Gasteiger partial charge in [0, 0.05) is 38.6 Å². The van der Waals surface area contributed by atoms with E-state index < -0.39 is 11.5 Å². The zero-order chi connectivity index (χ0) is 13.9. The molecule has 1 unspecified atom stereocenters. The quantitative estimate of drug-likeness (QED) is 0.879. The molecule has 1 aromatic heterocycles. The van der Waals surface area contributed by atoms with Crippen LogP contribution in [-0.2, 0) is 10.3 Å². The largest absolute Gasteiger partial charge is 0.481 e. The minimum Gasteiger partial charge on any atom is -0.481 e. The van der Waals surface area contributed by atoms with Crippen LogP contribution in [0.4, 0.5) is 0 Å². The molecule has 0 saturated carbocycles. The van der Waals surface area contributed by atoms with Crippen molar-refractivity contribution in [2.45, 2.75) is 18.9 Å². The number of carboxylic acid groups (broad SMARTS) is 1.